The highest BCUT2D eigenvalue weighted by Crippen LogP contribution is 2.33. The lowest BCUT2D eigenvalue weighted by atomic mass is 10.0. The van der Waals surface area contributed by atoms with E-state index in [4.69, 9.17) is 4.74 Å². The molecule has 5 aromatic carbocycles. The van der Waals surface area contributed by atoms with Crippen LogP contribution in [0.1, 0.15) is 27.6 Å². The van der Waals surface area contributed by atoms with Gasteiger partial charge in [0.2, 0.25) is 0 Å². The first-order chi connectivity index (χ1) is 21.6. The average Bonchev–Trinajstić information content (AvgIpc) is 3.09. The van der Waals surface area contributed by atoms with Gasteiger partial charge in [-0.15, -0.1) is 0 Å². The van der Waals surface area contributed by atoms with E-state index in [1.807, 2.05) is 114 Å². The van der Waals surface area contributed by atoms with Crippen LogP contribution in [-0.2, 0) is 0 Å². The predicted molar refractivity (Wildman–Crippen MR) is 175 cm³/mol. The van der Waals surface area contributed by atoms with Gasteiger partial charge in [-0.25, -0.2) is 4.79 Å². The number of carbonyl (C=O) groups excluding carboxylic acids is 2. The fourth-order valence-electron chi connectivity index (χ4n) is 5.38. The molecule has 2 N–H and O–H groups in total. The Labute approximate surface area is 257 Å². The number of benzene rings is 5. The molecule has 1 aliphatic rings. The minimum Gasteiger partial charge on any atom is -0.480 e. The summed E-state index contributed by atoms with van der Waals surface area (Å²) in [5.74, 6) is 0.312. The molecular formula is C37H34N4O3. The number of carbonyl (C=O) groups is 2. The Kier molecular flexibility index (Phi) is 8.83. The van der Waals surface area contributed by atoms with Crippen molar-refractivity contribution in [2.75, 3.05) is 41.7 Å². The zero-order valence-electron chi connectivity index (χ0n) is 24.3. The van der Waals surface area contributed by atoms with Gasteiger partial charge in [0.1, 0.15) is 11.9 Å². The number of amides is 3. The van der Waals surface area contributed by atoms with E-state index in [0.29, 0.717) is 35.8 Å². The van der Waals surface area contributed by atoms with Crippen LogP contribution in [0.3, 0.4) is 0 Å². The molecule has 0 bridgehead atoms. The molecular weight excluding hydrogens is 548 g/mol. The van der Waals surface area contributed by atoms with Gasteiger partial charge in [-0.2, -0.15) is 0 Å². The smallest absolute Gasteiger partial charge is 0.323 e. The Morgan fingerprint density at radius 3 is 1.70 bits per heavy atom. The van der Waals surface area contributed by atoms with Crippen LogP contribution in [0.15, 0.2) is 140 Å². The van der Waals surface area contributed by atoms with Crippen molar-refractivity contribution < 1.29 is 14.3 Å². The normalized spacial score (nSPS) is 12.9. The molecule has 7 heteroatoms. The Balaban J connectivity index is 1.28. The van der Waals surface area contributed by atoms with Gasteiger partial charge in [-0.05, 0) is 53.6 Å². The van der Waals surface area contributed by atoms with Crippen molar-refractivity contribution in [3.8, 4) is 5.75 Å². The topological polar surface area (TPSA) is 73.9 Å². The van der Waals surface area contributed by atoms with Gasteiger partial charge in [0.25, 0.3) is 5.91 Å². The first-order valence-corrected chi connectivity index (χ1v) is 14.8. The SMILES string of the molecule is O=C(Nc1ccccc1)Nc1ccc(OC(c2ccccc2)c2ccccc2)c(C(=O)N2CCN(c3ccccc3)CC2)c1. The summed E-state index contributed by atoms with van der Waals surface area (Å²) >= 11 is 0. The summed E-state index contributed by atoms with van der Waals surface area (Å²) in [7, 11) is 0. The number of urea groups is 1. The summed E-state index contributed by atoms with van der Waals surface area (Å²) in [6.45, 7) is 2.58. The van der Waals surface area contributed by atoms with Crippen molar-refractivity contribution in [3.05, 3.63) is 156 Å². The molecule has 0 spiro atoms. The second-order valence-corrected chi connectivity index (χ2v) is 10.6. The molecule has 0 radical (unpaired) electrons. The van der Waals surface area contributed by atoms with Gasteiger partial charge in [0.05, 0.1) is 5.56 Å². The van der Waals surface area contributed by atoms with Crippen LogP contribution in [0.2, 0.25) is 0 Å². The van der Waals surface area contributed by atoms with Crippen molar-refractivity contribution >= 4 is 29.0 Å². The van der Waals surface area contributed by atoms with E-state index in [9.17, 15) is 9.59 Å². The van der Waals surface area contributed by atoms with Crippen LogP contribution in [0.5, 0.6) is 5.75 Å². The lowest BCUT2D eigenvalue weighted by Crippen LogP contribution is -2.48. The number of nitrogens with one attached hydrogen (secondary N) is 2. The number of nitrogens with zero attached hydrogens (tertiary/aromatic N) is 2. The fourth-order valence-corrected chi connectivity index (χ4v) is 5.38. The first-order valence-electron chi connectivity index (χ1n) is 14.8. The lowest BCUT2D eigenvalue weighted by molar-refractivity contribution is 0.0740. The highest BCUT2D eigenvalue weighted by Gasteiger charge is 2.27. The number of rotatable bonds is 8. The maximum Gasteiger partial charge on any atom is 0.323 e. The van der Waals surface area contributed by atoms with E-state index in [1.54, 1.807) is 18.2 Å². The zero-order valence-corrected chi connectivity index (χ0v) is 24.3. The van der Waals surface area contributed by atoms with Crippen molar-refractivity contribution in [2.45, 2.75) is 6.10 Å². The van der Waals surface area contributed by atoms with Crippen LogP contribution in [0.4, 0.5) is 21.9 Å². The Hall–Kier alpha value is -5.56. The van der Waals surface area contributed by atoms with Crippen molar-refractivity contribution in [2.24, 2.45) is 0 Å². The third kappa shape index (κ3) is 6.90. The van der Waals surface area contributed by atoms with Gasteiger partial charge < -0.3 is 25.2 Å². The zero-order chi connectivity index (χ0) is 30.1. The molecule has 3 amide bonds. The number of hydrogen-bond acceptors (Lipinski definition) is 4. The van der Waals surface area contributed by atoms with Crippen LogP contribution >= 0.6 is 0 Å². The highest BCUT2D eigenvalue weighted by atomic mass is 16.5. The molecule has 1 aliphatic heterocycles. The molecule has 1 fully saturated rings. The largest absolute Gasteiger partial charge is 0.480 e. The maximum absolute atomic E-state index is 14.1. The molecule has 0 unspecified atom stereocenters. The van der Waals surface area contributed by atoms with E-state index in [0.717, 1.165) is 29.9 Å². The Morgan fingerprint density at radius 2 is 1.11 bits per heavy atom. The summed E-state index contributed by atoms with van der Waals surface area (Å²) in [6, 6.07) is 44.2. The number of piperazine rings is 1. The summed E-state index contributed by atoms with van der Waals surface area (Å²) in [5, 5.41) is 5.71. The van der Waals surface area contributed by atoms with E-state index >= 15 is 0 Å². The first kappa shape index (κ1) is 28.6. The molecule has 0 aromatic heterocycles. The number of para-hydroxylation sites is 2. The van der Waals surface area contributed by atoms with Gasteiger partial charge in [-0.1, -0.05) is 97.1 Å². The molecule has 0 aliphatic carbocycles. The second kappa shape index (κ2) is 13.6. The summed E-state index contributed by atoms with van der Waals surface area (Å²) < 4.78 is 6.69. The second-order valence-electron chi connectivity index (χ2n) is 10.6. The minimum atomic E-state index is -0.431. The molecule has 5 aromatic rings. The highest BCUT2D eigenvalue weighted by molar-refractivity contribution is 6.02. The summed E-state index contributed by atoms with van der Waals surface area (Å²) in [4.78, 5) is 31.1. The molecule has 6 rings (SSSR count). The van der Waals surface area contributed by atoms with Gasteiger partial charge in [0.15, 0.2) is 0 Å². The molecule has 1 saturated heterocycles. The quantitative estimate of drug-likeness (QED) is 0.199. The average molecular weight is 583 g/mol. The fraction of sp³-hybridized carbons (Fsp3) is 0.135. The van der Waals surface area contributed by atoms with Crippen LogP contribution in [0, 0.1) is 0 Å². The molecule has 0 atom stereocenters. The van der Waals surface area contributed by atoms with Crippen LogP contribution < -0.4 is 20.3 Å². The standard InChI is InChI=1S/C37H34N4O3/c42-36(41-25-23-40(24-26-41)32-19-11-4-12-20-32)33-27-31(39-37(43)38-30-17-9-3-10-18-30)21-22-34(33)44-35(28-13-5-1-6-14-28)29-15-7-2-8-16-29/h1-22,27,35H,23-26H2,(H2,38,39,43). The van der Waals surface area contributed by atoms with Crippen molar-refractivity contribution in [3.63, 3.8) is 0 Å². The van der Waals surface area contributed by atoms with E-state index < -0.39 is 12.1 Å². The molecule has 44 heavy (non-hydrogen) atoms. The molecule has 7 nitrogen and oxygen atoms in total. The van der Waals surface area contributed by atoms with Gasteiger partial charge in [0, 0.05) is 43.2 Å². The lowest BCUT2D eigenvalue weighted by Gasteiger charge is -2.36. The van der Waals surface area contributed by atoms with Gasteiger partial charge >= 0.3 is 6.03 Å². The van der Waals surface area contributed by atoms with Crippen molar-refractivity contribution in [1.29, 1.82) is 0 Å². The molecule has 0 saturated carbocycles. The summed E-state index contributed by atoms with van der Waals surface area (Å²) in [5.41, 5.74) is 4.65. The molecule has 1 heterocycles. The predicted octanol–water partition coefficient (Wildman–Crippen LogP) is 7.46. The number of ether oxygens (including phenoxy) is 1. The Bertz CT molecular complexity index is 1630. The van der Waals surface area contributed by atoms with Crippen LogP contribution in [0.25, 0.3) is 0 Å². The third-order valence-corrected chi connectivity index (χ3v) is 7.64. The number of anilines is 3. The van der Waals surface area contributed by atoms with E-state index in [-0.39, 0.29) is 5.91 Å². The van der Waals surface area contributed by atoms with Crippen molar-refractivity contribution in [1.82, 2.24) is 4.90 Å². The van der Waals surface area contributed by atoms with E-state index in [2.05, 4.69) is 27.7 Å². The Morgan fingerprint density at radius 1 is 0.591 bits per heavy atom. The third-order valence-electron chi connectivity index (χ3n) is 7.64. The van der Waals surface area contributed by atoms with E-state index in [1.165, 1.54) is 0 Å². The monoisotopic (exact) mass is 582 g/mol. The number of hydrogen-bond donors (Lipinski definition) is 2. The summed E-state index contributed by atoms with van der Waals surface area (Å²) in [6.07, 6.45) is -0.431. The molecule has 220 valence electrons. The minimum absolute atomic E-state index is 0.139. The van der Waals surface area contributed by atoms with Gasteiger partial charge in [-0.3, -0.25) is 4.79 Å². The van der Waals surface area contributed by atoms with Crippen LogP contribution in [-0.4, -0.2) is 43.0 Å². The maximum atomic E-state index is 14.1.